The van der Waals surface area contributed by atoms with Crippen LogP contribution >= 0.6 is 0 Å². The maximum atomic E-state index is 11.9. The first-order valence-corrected chi connectivity index (χ1v) is 6.87. The van der Waals surface area contributed by atoms with Gasteiger partial charge in [0.1, 0.15) is 0 Å². The van der Waals surface area contributed by atoms with Crippen LogP contribution in [-0.4, -0.2) is 24.8 Å². The Morgan fingerprint density at radius 3 is 2.67 bits per heavy atom. The fraction of sp³-hybridized carbons (Fsp3) is 1.00. The Morgan fingerprint density at radius 2 is 2.06 bits per heavy atom. The van der Waals surface area contributed by atoms with E-state index < -0.39 is 12.6 Å². The van der Waals surface area contributed by atoms with E-state index >= 15 is 0 Å². The molecule has 1 aliphatic carbocycles. The van der Waals surface area contributed by atoms with Gasteiger partial charge >= 0.3 is 6.18 Å². The lowest BCUT2D eigenvalue weighted by molar-refractivity contribution is -0.135. The third-order valence-electron chi connectivity index (χ3n) is 3.67. The van der Waals surface area contributed by atoms with Crippen molar-refractivity contribution in [1.82, 2.24) is 5.32 Å². The van der Waals surface area contributed by atoms with Gasteiger partial charge in [0.05, 0.1) is 0 Å². The van der Waals surface area contributed by atoms with Crippen molar-refractivity contribution in [2.75, 3.05) is 13.1 Å². The first-order chi connectivity index (χ1) is 8.31. The largest absolute Gasteiger partial charge is 0.389 e. The highest BCUT2D eigenvalue weighted by Crippen LogP contribution is 2.29. The van der Waals surface area contributed by atoms with E-state index in [1.807, 2.05) is 0 Å². The molecule has 0 radical (unpaired) electrons. The monoisotopic (exact) mass is 266 g/mol. The highest BCUT2D eigenvalue weighted by atomic mass is 19.4. The Balaban J connectivity index is 2.07. The van der Waals surface area contributed by atoms with Crippen LogP contribution in [0.15, 0.2) is 0 Å². The van der Waals surface area contributed by atoms with Crippen LogP contribution in [0.1, 0.15) is 51.9 Å². The molecule has 2 nitrogen and oxygen atoms in total. The summed E-state index contributed by atoms with van der Waals surface area (Å²) in [6.07, 6.45) is 0.496. The van der Waals surface area contributed by atoms with Gasteiger partial charge in [0, 0.05) is 18.5 Å². The lowest BCUT2D eigenvalue weighted by atomic mass is 9.77. The van der Waals surface area contributed by atoms with Crippen molar-refractivity contribution in [3.8, 4) is 0 Å². The molecule has 2 atom stereocenters. The summed E-state index contributed by atoms with van der Waals surface area (Å²) >= 11 is 0. The summed E-state index contributed by atoms with van der Waals surface area (Å²) in [5, 5.41) is 3.21. The van der Waals surface area contributed by atoms with Gasteiger partial charge in [-0.2, -0.15) is 13.2 Å². The summed E-state index contributed by atoms with van der Waals surface area (Å²) in [6.45, 7) is 3.57. The van der Waals surface area contributed by atoms with Crippen LogP contribution in [0.3, 0.4) is 0 Å². The van der Waals surface area contributed by atoms with E-state index in [0.717, 1.165) is 25.8 Å². The van der Waals surface area contributed by atoms with Crippen molar-refractivity contribution in [3.63, 3.8) is 0 Å². The number of rotatable bonds is 6. The van der Waals surface area contributed by atoms with E-state index in [9.17, 15) is 13.2 Å². The Bertz CT molecular complexity index is 243. The third kappa shape index (κ3) is 6.59. The molecular weight excluding hydrogens is 241 g/mol. The summed E-state index contributed by atoms with van der Waals surface area (Å²) < 4.78 is 35.8. The van der Waals surface area contributed by atoms with E-state index in [0.29, 0.717) is 18.9 Å². The minimum absolute atomic E-state index is 0.151. The zero-order valence-corrected chi connectivity index (χ0v) is 11.2. The molecular formula is C13H25F3N2. The van der Waals surface area contributed by atoms with Crippen LogP contribution in [0, 0.1) is 5.92 Å². The molecule has 1 saturated carbocycles. The van der Waals surface area contributed by atoms with Gasteiger partial charge < -0.3 is 11.1 Å². The minimum Gasteiger partial charge on any atom is -0.324 e. The van der Waals surface area contributed by atoms with Gasteiger partial charge in [-0.3, -0.25) is 0 Å². The number of nitrogens with two attached hydrogens (primary N) is 1. The van der Waals surface area contributed by atoms with Gasteiger partial charge in [0.2, 0.25) is 0 Å². The van der Waals surface area contributed by atoms with E-state index in [-0.39, 0.29) is 12.0 Å². The van der Waals surface area contributed by atoms with Crippen LogP contribution < -0.4 is 11.1 Å². The number of halogens is 3. The molecule has 18 heavy (non-hydrogen) atoms. The molecule has 0 aliphatic heterocycles. The fourth-order valence-electron chi connectivity index (χ4n) is 2.77. The maximum absolute atomic E-state index is 11.9. The van der Waals surface area contributed by atoms with E-state index in [4.69, 9.17) is 5.73 Å². The summed E-state index contributed by atoms with van der Waals surface area (Å²) in [5.74, 6) is 0.663. The van der Waals surface area contributed by atoms with Crippen molar-refractivity contribution >= 4 is 0 Å². The number of hydrogen-bond donors (Lipinski definition) is 2. The van der Waals surface area contributed by atoms with Crippen molar-refractivity contribution < 1.29 is 13.2 Å². The molecule has 1 rings (SSSR count). The normalized spacial score (nSPS) is 29.5. The van der Waals surface area contributed by atoms with Gasteiger partial charge in [-0.15, -0.1) is 0 Å². The molecule has 0 heterocycles. The second-order valence-electron chi connectivity index (χ2n) is 5.81. The van der Waals surface area contributed by atoms with Crippen molar-refractivity contribution in [2.45, 2.75) is 63.6 Å². The first kappa shape index (κ1) is 15.8. The molecule has 0 aromatic heterocycles. The van der Waals surface area contributed by atoms with Crippen LogP contribution in [-0.2, 0) is 0 Å². The standard InChI is InChI=1S/C13H25F3N2/c1-11-5-4-6-12(17,9-11)10-18-8-3-2-7-13(14,15)16/h11,18H,2-10,17H2,1H3. The molecule has 2 unspecified atom stereocenters. The first-order valence-electron chi connectivity index (χ1n) is 6.87. The smallest absolute Gasteiger partial charge is 0.324 e. The maximum Gasteiger partial charge on any atom is 0.389 e. The predicted molar refractivity (Wildman–Crippen MR) is 67.3 cm³/mol. The zero-order chi connectivity index (χ0) is 13.6. The lowest BCUT2D eigenvalue weighted by Crippen LogP contribution is -2.51. The molecule has 0 spiro atoms. The minimum atomic E-state index is -4.02. The zero-order valence-electron chi connectivity index (χ0n) is 11.2. The topological polar surface area (TPSA) is 38.0 Å². The lowest BCUT2D eigenvalue weighted by Gasteiger charge is -2.37. The molecule has 1 fully saturated rings. The second kappa shape index (κ2) is 6.75. The van der Waals surface area contributed by atoms with Crippen molar-refractivity contribution in [1.29, 1.82) is 0 Å². The average Bonchev–Trinajstić information content (AvgIpc) is 2.21. The molecule has 1 aliphatic rings. The number of hydrogen-bond acceptors (Lipinski definition) is 2. The summed E-state index contributed by atoms with van der Waals surface area (Å²) in [6, 6.07) is 0. The summed E-state index contributed by atoms with van der Waals surface area (Å²) in [4.78, 5) is 0. The third-order valence-corrected chi connectivity index (χ3v) is 3.67. The van der Waals surface area contributed by atoms with E-state index in [1.54, 1.807) is 0 Å². The molecule has 0 saturated heterocycles. The highest BCUT2D eigenvalue weighted by Gasteiger charge is 2.30. The number of unbranched alkanes of at least 4 members (excludes halogenated alkanes) is 1. The van der Waals surface area contributed by atoms with Crippen LogP contribution in [0.25, 0.3) is 0 Å². The fourth-order valence-corrected chi connectivity index (χ4v) is 2.77. The summed E-state index contributed by atoms with van der Waals surface area (Å²) in [7, 11) is 0. The molecule has 0 aromatic carbocycles. The van der Waals surface area contributed by atoms with Crippen LogP contribution in [0.4, 0.5) is 13.2 Å². The van der Waals surface area contributed by atoms with Gasteiger partial charge in [-0.1, -0.05) is 19.8 Å². The second-order valence-corrected chi connectivity index (χ2v) is 5.81. The molecule has 0 aromatic rings. The SMILES string of the molecule is CC1CCCC(N)(CNCCCCC(F)(F)F)C1. The molecule has 0 amide bonds. The van der Waals surface area contributed by atoms with E-state index in [2.05, 4.69) is 12.2 Å². The average molecular weight is 266 g/mol. The molecule has 3 N–H and O–H groups in total. The molecule has 5 heteroatoms. The van der Waals surface area contributed by atoms with Crippen LogP contribution in [0.5, 0.6) is 0 Å². The molecule has 108 valence electrons. The van der Waals surface area contributed by atoms with Gasteiger partial charge in [0.25, 0.3) is 0 Å². The van der Waals surface area contributed by atoms with Crippen molar-refractivity contribution in [2.24, 2.45) is 11.7 Å². The predicted octanol–water partition coefficient (Wildman–Crippen LogP) is 3.22. The van der Waals surface area contributed by atoms with E-state index in [1.165, 1.54) is 6.42 Å². The van der Waals surface area contributed by atoms with Crippen molar-refractivity contribution in [3.05, 3.63) is 0 Å². The Morgan fingerprint density at radius 1 is 1.33 bits per heavy atom. The quantitative estimate of drug-likeness (QED) is 0.724. The van der Waals surface area contributed by atoms with Crippen LogP contribution in [0.2, 0.25) is 0 Å². The number of alkyl halides is 3. The van der Waals surface area contributed by atoms with Gasteiger partial charge in [-0.05, 0) is 38.1 Å². The Kier molecular flexibility index (Phi) is 5.92. The Labute approximate surface area is 107 Å². The van der Waals surface area contributed by atoms with Gasteiger partial charge in [-0.25, -0.2) is 0 Å². The Hall–Kier alpha value is -0.290. The summed E-state index contributed by atoms with van der Waals surface area (Å²) in [5.41, 5.74) is 6.14. The molecule has 0 bridgehead atoms. The highest BCUT2D eigenvalue weighted by molar-refractivity contribution is 4.91. The number of nitrogens with one attached hydrogen (secondary N) is 1. The van der Waals surface area contributed by atoms with Gasteiger partial charge in [0.15, 0.2) is 0 Å².